The lowest BCUT2D eigenvalue weighted by atomic mass is 9.95. The summed E-state index contributed by atoms with van der Waals surface area (Å²) in [7, 11) is 0. The summed E-state index contributed by atoms with van der Waals surface area (Å²) in [4.78, 5) is 35.8. The Morgan fingerprint density at radius 2 is 1.88 bits per heavy atom. The predicted octanol–water partition coefficient (Wildman–Crippen LogP) is 4.20. The fraction of sp³-hybridized carbons (Fsp3) is 0.231. The van der Waals surface area contributed by atoms with E-state index >= 15 is 0 Å². The lowest BCUT2D eigenvalue weighted by Crippen LogP contribution is -2.29. The number of hydrogen-bond acceptors (Lipinski definition) is 6. The SMILES string of the molecule is CCCOc1ccc(/C(O)=C2/C(=O)C(=O)N(Cc3ccncc3)C2c2cccnc2)cc1C. The van der Waals surface area contributed by atoms with Gasteiger partial charge in [0.1, 0.15) is 11.5 Å². The molecule has 1 unspecified atom stereocenters. The Balaban J connectivity index is 1.79. The van der Waals surface area contributed by atoms with Crippen LogP contribution < -0.4 is 4.74 Å². The number of carbonyl (C=O) groups is 2. The second-order valence-electron chi connectivity index (χ2n) is 7.90. The first-order valence-corrected chi connectivity index (χ1v) is 10.8. The fourth-order valence-electron chi connectivity index (χ4n) is 3.94. The average Bonchev–Trinajstić information content (AvgIpc) is 3.09. The molecule has 1 fully saturated rings. The first-order valence-electron chi connectivity index (χ1n) is 10.8. The van der Waals surface area contributed by atoms with Gasteiger partial charge < -0.3 is 14.7 Å². The second kappa shape index (κ2) is 9.65. The molecule has 1 aliphatic heterocycles. The first kappa shape index (κ1) is 22.2. The van der Waals surface area contributed by atoms with Crippen LogP contribution in [0.15, 0.2) is 72.8 Å². The summed E-state index contributed by atoms with van der Waals surface area (Å²) in [5.41, 5.74) is 2.80. The van der Waals surface area contributed by atoms with Crippen LogP contribution in [-0.4, -0.2) is 38.3 Å². The fourth-order valence-corrected chi connectivity index (χ4v) is 3.94. The van der Waals surface area contributed by atoms with Crippen LogP contribution in [-0.2, 0) is 16.1 Å². The molecule has 1 aromatic carbocycles. The van der Waals surface area contributed by atoms with Crippen molar-refractivity contribution in [1.82, 2.24) is 14.9 Å². The van der Waals surface area contributed by atoms with Crippen LogP contribution >= 0.6 is 0 Å². The number of amides is 1. The van der Waals surface area contributed by atoms with Crippen LogP contribution in [0.25, 0.3) is 5.76 Å². The highest BCUT2D eigenvalue weighted by Gasteiger charge is 2.46. The van der Waals surface area contributed by atoms with E-state index < -0.39 is 17.7 Å². The van der Waals surface area contributed by atoms with Crippen LogP contribution in [0.3, 0.4) is 0 Å². The number of aliphatic hydroxyl groups excluding tert-OH is 1. The average molecular weight is 444 g/mol. The van der Waals surface area contributed by atoms with E-state index in [-0.39, 0.29) is 17.9 Å². The van der Waals surface area contributed by atoms with Gasteiger partial charge in [0, 0.05) is 36.9 Å². The summed E-state index contributed by atoms with van der Waals surface area (Å²) in [5.74, 6) is -0.888. The van der Waals surface area contributed by atoms with E-state index in [1.807, 2.05) is 13.8 Å². The molecular formula is C26H25N3O4. The van der Waals surface area contributed by atoms with Gasteiger partial charge in [-0.05, 0) is 66.4 Å². The van der Waals surface area contributed by atoms with Gasteiger partial charge in [-0.15, -0.1) is 0 Å². The van der Waals surface area contributed by atoms with Gasteiger partial charge in [-0.2, -0.15) is 0 Å². The molecule has 3 aromatic rings. The van der Waals surface area contributed by atoms with Gasteiger partial charge >= 0.3 is 0 Å². The monoisotopic (exact) mass is 443 g/mol. The van der Waals surface area contributed by atoms with E-state index in [4.69, 9.17) is 4.74 Å². The zero-order valence-electron chi connectivity index (χ0n) is 18.6. The maximum Gasteiger partial charge on any atom is 0.295 e. The molecule has 4 rings (SSSR count). The molecular weight excluding hydrogens is 418 g/mol. The molecule has 1 saturated heterocycles. The third-order valence-electron chi connectivity index (χ3n) is 5.55. The van der Waals surface area contributed by atoms with Gasteiger partial charge in [0.05, 0.1) is 18.2 Å². The zero-order valence-corrected chi connectivity index (χ0v) is 18.6. The van der Waals surface area contributed by atoms with Crippen molar-refractivity contribution in [3.63, 3.8) is 0 Å². The maximum absolute atomic E-state index is 13.1. The Bertz CT molecular complexity index is 1190. The molecule has 2 aromatic heterocycles. The highest BCUT2D eigenvalue weighted by atomic mass is 16.5. The van der Waals surface area contributed by atoms with Crippen LogP contribution in [0, 0.1) is 6.92 Å². The van der Waals surface area contributed by atoms with E-state index in [9.17, 15) is 14.7 Å². The number of likely N-dealkylation sites (tertiary alicyclic amines) is 1. The number of carbonyl (C=O) groups excluding carboxylic acids is 2. The highest BCUT2D eigenvalue weighted by Crippen LogP contribution is 2.40. The van der Waals surface area contributed by atoms with Crippen LogP contribution in [0.4, 0.5) is 0 Å². The minimum atomic E-state index is -0.761. The van der Waals surface area contributed by atoms with E-state index in [2.05, 4.69) is 9.97 Å². The van der Waals surface area contributed by atoms with Crippen molar-refractivity contribution in [2.24, 2.45) is 0 Å². The van der Waals surface area contributed by atoms with Gasteiger partial charge in [0.2, 0.25) is 0 Å². The van der Waals surface area contributed by atoms with E-state index in [0.29, 0.717) is 17.7 Å². The number of benzene rings is 1. The summed E-state index contributed by atoms with van der Waals surface area (Å²) >= 11 is 0. The number of Topliss-reactive ketones (excluding diaryl/α,β-unsaturated/α-hetero) is 1. The van der Waals surface area contributed by atoms with Crippen LogP contribution in [0.5, 0.6) is 5.75 Å². The first-order chi connectivity index (χ1) is 16.0. The van der Waals surface area contributed by atoms with Gasteiger partial charge in [-0.1, -0.05) is 13.0 Å². The summed E-state index contributed by atoms with van der Waals surface area (Å²) in [6.07, 6.45) is 7.38. The molecule has 0 bridgehead atoms. The number of ketones is 1. The Kier molecular flexibility index (Phi) is 6.49. The molecule has 1 atom stereocenters. The summed E-state index contributed by atoms with van der Waals surface area (Å²) in [6, 6.07) is 11.6. The number of rotatable bonds is 7. The quantitative estimate of drug-likeness (QED) is 0.334. The third kappa shape index (κ3) is 4.48. The summed E-state index contributed by atoms with van der Waals surface area (Å²) in [6.45, 7) is 4.70. The number of nitrogens with zero attached hydrogens (tertiary/aromatic N) is 3. The molecule has 0 saturated carbocycles. The number of hydrogen-bond donors (Lipinski definition) is 1. The lowest BCUT2D eigenvalue weighted by Gasteiger charge is -2.25. The van der Waals surface area contributed by atoms with Gasteiger partial charge in [0.25, 0.3) is 11.7 Å². The largest absolute Gasteiger partial charge is 0.507 e. The molecule has 0 aliphatic carbocycles. The Morgan fingerprint density at radius 3 is 2.55 bits per heavy atom. The van der Waals surface area contributed by atoms with Crippen molar-refractivity contribution in [2.75, 3.05) is 6.61 Å². The molecule has 1 aliphatic rings. The molecule has 0 radical (unpaired) electrons. The predicted molar refractivity (Wildman–Crippen MR) is 123 cm³/mol. The van der Waals surface area contributed by atoms with Crippen LogP contribution in [0.1, 0.15) is 41.6 Å². The maximum atomic E-state index is 13.1. The number of aromatic nitrogens is 2. The lowest BCUT2D eigenvalue weighted by molar-refractivity contribution is -0.140. The van der Waals surface area contributed by atoms with Crippen LogP contribution in [0.2, 0.25) is 0 Å². The number of aryl methyl sites for hydroxylation is 1. The molecule has 7 heteroatoms. The number of pyridine rings is 2. The number of ether oxygens (including phenoxy) is 1. The standard InChI is InChI=1S/C26H25N3O4/c1-3-13-33-21-7-6-19(14-17(21)2)24(30)22-23(20-5-4-10-28-15-20)29(26(32)25(22)31)16-18-8-11-27-12-9-18/h4-12,14-15,23,30H,3,13,16H2,1-2H3/b24-22-. The molecule has 3 heterocycles. The third-order valence-corrected chi connectivity index (χ3v) is 5.55. The molecule has 0 spiro atoms. The van der Waals surface area contributed by atoms with Crippen molar-refractivity contribution in [1.29, 1.82) is 0 Å². The van der Waals surface area contributed by atoms with Crippen molar-refractivity contribution in [2.45, 2.75) is 32.9 Å². The smallest absolute Gasteiger partial charge is 0.295 e. The Morgan fingerprint density at radius 1 is 1.09 bits per heavy atom. The Labute approximate surface area is 192 Å². The topological polar surface area (TPSA) is 92.6 Å². The van der Waals surface area contributed by atoms with Gasteiger partial charge in [-0.25, -0.2) is 0 Å². The Hall–Kier alpha value is -4.00. The van der Waals surface area contributed by atoms with Crippen molar-refractivity contribution in [3.8, 4) is 5.75 Å². The minimum absolute atomic E-state index is 0.0451. The van der Waals surface area contributed by atoms with Gasteiger partial charge in [0.15, 0.2) is 0 Å². The highest BCUT2D eigenvalue weighted by molar-refractivity contribution is 6.46. The van der Waals surface area contributed by atoms with Gasteiger partial charge in [-0.3, -0.25) is 19.6 Å². The normalized spacial score (nSPS) is 17.4. The number of aliphatic hydroxyl groups is 1. The summed E-state index contributed by atoms with van der Waals surface area (Å²) in [5, 5.41) is 11.2. The van der Waals surface area contributed by atoms with E-state index in [1.165, 1.54) is 4.90 Å². The summed E-state index contributed by atoms with van der Waals surface area (Å²) < 4.78 is 5.72. The molecule has 33 heavy (non-hydrogen) atoms. The molecule has 1 amide bonds. The molecule has 1 N–H and O–H groups in total. The van der Waals surface area contributed by atoms with Crippen molar-refractivity contribution in [3.05, 3.63) is 95.1 Å². The van der Waals surface area contributed by atoms with Crippen molar-refractivity contribution >= 4 is 17.4 Å². The molecule has 7 nitrogen and oxygen atoms in total. The minimum Gasteiger partial charge on any atom is -0.507 e. The molecule has 168 valence electrons. The van der Waals surface area contributed by atoms with E-state index in [1.54, 1.807) is 67.3 Å². The second-order valence-corrected chi connectivity index (χ2v) is 7.90. The van der Waals surface area contributed by atoms with Crippen molar-refractivity contribution < 1.29 is 19.4 Å². The zero-order chi connectivity index (χ0) is 23.4. The van der Waals surface area contributed by atoms with E-state index in [0.717, 1.165) is 23.3 Å².